The monoisotopic (exact) mass is 236 g/mol. The highest BCUT2D eigenvalue weighted by Gasteiger charge is 2.05. The van der Waals surface area contributed by atoms with Crippen molar-refractivity contribution in [3.05, 3.63) is 41.8 Å². The molecule has 82 valence electrons. The number of nitrogens with zero attached hydrogens (tertiary/aromatic N) is 2. The van der Waals surface area contributed by atoms with Crippen molar-refractivity contribution in [2.45, 2.75) is 0 Å². The molecule has 0 N–H and O–H groups in total. The van der Waals surface area contributed by atoms with Crippen LogP contribution in [0, 0.1) is 0 Å². The maximum absolute atomic E-state index is 5.82. The van der Waals surface area contributed by atoms with E-state index in [1.54, 1.807) is 19.2 Å². The molecule has 1 heterocycles. The van der Waals surface area contributed by atoms with E-state index < -0.39 is 0 Å². The minimum Gasteiger partial charge on any atom is -0.497 e. The molecule has 0 atom stereocenters. The smallest absolute Gasteiger partial charge is 0.257 e. The molecule has 0 unspecified atom stereocenters. The lowest BCUT2D eigenvalue weighted by Gasteiger charge is -2.06. The Hall–Kier alpha value is -1.81. The molecule has 0 aliphatic carbocycles. The Morgan fingerprint density at radius 3 is 2.62 bits per heavy atom. The molecule has 5 heteroatoms. The van der Waals surface area contributed by atoms with Gasteiger partial charge in [0.25, 0.3) is 5.88 Å². The Kier molecular flexibility index (Phi) is 3.22. The maximum Gasteiger partial charge on any atom is 0.257 e. The summed E-state index contributed by atoms with van der Waals surface area (Å²) in [6.45, 7) is 0. The van der Waals surface area contributed by atoms with Gasteiger partial charge >= 0.3 is 0 Å². The lowest BCUT2D eigenvalue weighted by atomic mass is 10.3. The highest BCUT2D eigenvalue weighted by molar-refractivity contribution is 6.30. The summed E-state index contributed by atoms with van der Waals surface area (Å²) in [4.78, 5) is 7.84. The van der Waals surface area contributed by atoms with E-state index >= 15 is 0 Å². The fraction of sp³-hybridized carbons (Fsp3) is 0.0909. The number of halogens is 1. The van der Waals surface area contributed by atoms with Gasteiger partial charge in [0.1, 0.15) is 11.5 Å². The zero-order chi connectivity index (χ0) is 11.4. The summed E-state index contributed by atoms with van der Waals surface area (Å²) in [5.41, 5.74) is 0. The Labute approximate surface area is 97.8 Å². The summed E-state index contributed by atoms with van der Waals surface area (Å²) < 4.78 is 10.5. The molecule has 0 aliphatic heterocycles. The molecule has 1 aromatic heterocycles. The molecule has 0 saturated heterocycles. The van der Waals surface area contributed by atoms with Crippen LogP contribution in [-0.4, -0.2) is 17.1 Å². The largest absolute Gasteiger partial charge is 0.497 e. The Morgan fingerprint density at radius 1 is 1.12 bits per heavy atom. The van der Waals surface area contributed by atoms with Crippen LogP contribution < -0.4 is 9.47 Å². The van der Waals surface area contributed by atoms with E-state index in [4.69, 9.17) is 21.1 Å². The zero-order valence-electron chi connectivity index (χ0n) is 8.55. The molecule has 0 aliphatic rings. The standard InChI is InChI=1S/C11H9ClN2O2/c1-15-8-3-2-4-9(7-8)16-11-10(12)13-5-6-14-11/h2-7H,1H3. The van der Waals surface area contributed by atoms with Crippen molar-refractivity contribution in [2.24, 2.45) is 0 Å². The Balaban J connectivity index is 2.24. The predicted octanol–water partition coefficient (Wildman–Crippen LogP) is 2.93. The van der Waals surface area contributed by atoms with Gasteiger partial charge in [0.05, 0.1) is 7.11 Å². The summed E-state index contributed by atoms with van der Waals surface area (Å²) in [6.07, 6.45) is 3.02. The first-order valence-electron chi connectivity index (χ1n) is 4.58. The zero-order valence-corrected chi connectivity index (χ0v) is 9.31. The molecular formula is C11H9ClN2O2. The highest BCUT2D eigenvalue weighted by Crippen LogP contribution is 2.27. The number of ether oxygens (including phenoxy) is 2. The van der Waals surface area contributed by atoms with Gasteiger partial charge in [-0.1, -0.05) is 17.7 Å². The quantitative estimate of drug-likeness (QED) is 0.822. The average molecular weight is 237 g/mol. The molecule has 2 aromatic rings. The molecule has 0 spiro atoms. The van der Waals surface area contributed by atoms with Gasteiger partial charge < -0.3 is 9.47 Å². The highest BCUT2D eigenvalue weighted by atomic mass is 35.5. The van der Waals surface area contributed by atoms with Gasteiger partial charge in [0, 0.05) is 18.5 Å². The third kappa shape index (κ3) is 2.41. The maximum atomic E-state index is 5.82. The summed E-state index contributed by atoms with van der Waals surface area (Å²) >= 11 is 5.82. The SMILES string of the molecule is COc1cccc(Oc2nccnc2Cl)c1. The first-order valence-corrected chi connectivity index (χ1v) is 4.96. The van der Waals surface area contributed by atoms with Gasteiger partial charge in [-0.05, 0) is 12.1 Å². The fourth-order valence-electron chi connectivity index (χ4n) is 1.15. The number of methoxy groups -OCH3 is 1. The Morgan fingerprint density at radius 2 is 1.88 bits per heavy atom. The fourth-order valence-corrected chi connectivity index (χ4v) is 1.30. The van der Waals surface area contributed by atoms with Crippen molar-refractivity contribution in [3.8, 4) is 17.4 Å². The van der Waals surface area contributed by atoms with E-state index in [2.05, 4.69) is 9.97 Å². The number of hydrogen-bond donors (Lipinski definition) is 0. The van der Waals surface area contributed by atoms with Crippen molar-refractivity contribution < 1.29 is 9.47 Å². The second-order valence-corrected chi connectivity index (χ2v) is 3.29. The van der Waals surface area contributed by atoms with Gasteiger partial charge in [-0.25, -0.2) is 9.97 Å². The molecule has 16 heavy (non-hydrogen) atoms. The lowest BCUT2D eigenvalue weighted by molar-refractivity contribution is 0.407. The van der Waals surface area contributed by atoms with Crippen molar-refractivity contribution in [3.63, 3.8) is 0 Å². The second kappa shape index (κ2) is 4.81. The average Bonchev–Trinajstić information content (AvgIpc) is 2.32. The lowest BCUT2D eigenvalue weighted by Crippen LogP contribution is -1.91. The van der Waals surface area contributed by atoms with Gasteiger partial charge in [0.2, 0.25) is 0 Å². The minimum absolute atomic E-state index is 0.227. The van der Waals surface area contributed by atoms with Crippen molar-refractivity contribution in [1.82, 2.24) is 9.97 Å². The summed E-state index contributed by atoms with van der Waals surface area (Å²) in [5.74, 6) is 1.58. The topological polar surface area (TPSA) is 44.2 Å². The number of hydrogen-bond acceptors (Lipinski definition) is 4. The van der Waals surface area contributed by atoms with Crippen molar-refractivity contribution >= 4 is 11.6 Å². The van der Waals surface area contributed by atoms with E-state index in [1.165, 1.54) is 12.4 Å². The van der Waals surface area contributed by atoms with Crippen LogP contribution in [0.5, 0.6) is 17.4 Å². The van der Waals surface area contributed by atoms with Crippen LogP contribution in [0.4, 0.5) is 0 Å². The molecule has 4 nitrogen and oxygen atoms in total. The molecule has 0 saturated carbocycles. The van der Waals surface area contributed by atoms with Gasteiger partial charge in [-0.2, -0.15) is 0 Å². The number of aromatic nitrogens is 2. The van der Waals surface area contributed by atoms with E-state index in [-0.39, 0.29) is 11.0 Å². The van der Waals surface area contributed by atoms with Crippen molar-refractivity contribution in [1.29, 1.82) is 0 Å². The number of benzene rings is 1. The first-order chi connectivity index (χ1) is 7.79. The Bertz CT molecular complexity index is 491. The normalized spacial score (nSPS) is 9.88. The van der Waals surface area contributed by atoms with Crippen LogP contribution in [-0.2, 0) is 0 Å². The third-order valence-corrected chi connectivity index (χ3v) is 2.14. The second-order valence-electron chi connectivity index (χ2n) is 2.93. The van der Waals surface area contributed by atoms with Crippen LogP contribution in [0.15, 0.2) is 36.7 Å². The molecule has 0 fully saturated rings. The molecule has 2 rings (SSSR count). The number of rotatable bonds is 3. The first kappa shape index (κ1) is 10.7. The molecule has 1 aromatic carbocycles. The molecule has 0 radical (unpaired) electrons. The van der Waals surface area contributed by atoms with Gasteiger partial charge in [-0.15, -0.1) is 0 Å². The van der Waals surface area contributed by atoms with E-state index in [0.29, 0.717) is 11.5 Å². The van der Waals surface area contributed by atoms with E-state index in [1.807, 2.05) is 12.1 Å². The summed E-state index contributed by atoms with van der Waals surface area (Å²) in [7, 11) is 1.59. The summed E-state index contributed by atoms with van der Waals surface area (Å²) in [6, 6.07) is 7.17. The molecule has 0 bridgehead atoms. The van der Waals surface area contributed by atoms with E-state index in [9.17, 15) is 0 Å². The molecule has 0 amide bonds. The predicted molar refractivity (Wildman–Crippen MR) is 60.1 cm³/mol. The van der Waals surface area contributed by atoms with E-state index in [0.717, 1.165) is 0 Å². The van der Waals surface area contributed by atoms with Gasteiger partial charge in [-0.3, -0.25) is 0 Å². The van der Waals surface area contributed by atoms with Crippen LogP contribution in [0.2, 0.25) is 5.15 Å². The van der Waals surface area contributed by atoms with Crippen LogP contribution >= 0.6 is 11.6 Å². The van der Waals surface area contributed by atoms with Crippen LogP contribution in [0.25, 0.3) is 0 Å². The van der Waals surface area contributed by atoms with Crippen LogP contribution in [0.1, 0.15) is 0 Å². The van der Waals surface area contributed by atoms with Gasteiger partial charge in [0.15, 0.2) is 5.15 Å². The third-order valence-electron chi connectivity index (χ3n) is 1.88. The minimum atomic E-state index is 0.227. The van der Waals surface area contributed by atoms with Crippen LogP contribution in [0.3, 0.4) is 0 Å². The summed E-state index contributed by atoms with van der Waals surface area (Å²) in [5, 5.41) is 0.227. The molecular weight excluding hydrogens is 228 g/mol. The van der Waals surface area contributed by atoms with Crippen molar-refractivity contribution in [2.75, 3.05) is 7.11 Å².